The summed E-state index contributed by atoms with van der Waals surface area (Å²) >= 11 is 0. The van der Waals surface area contributed by atoms with Crippen molar-refractivity contribution in [3.05, 3.63) is 29.6 Å². The Hall–Kier alpha value is -1.62. The molecule has 0 radical (unpaired) electrons. The number of unbranched alkanes of at least 4 members (excludes halogenated alkanes) is 3. The van der Waals surface area contributed by atoms with Gasteiger partial charge in [0.1, 0.15) is 5.82 Å². The van der Waals surface area contributed by atoms with Crippen LogP contribution in [0.2, 0.25) is 0 Å². The zero-order valence-corrected chi connectivity index (χ0v) is 10.3. The molecule has 0 fully saturated rings. The molecule has 1 rings (SSSR count). The van der Waals surface area contributed by atoms with Crippen LogP contribution in [0.1, 0.15) is 36.0 Å². The SMILES string of the molecule is Nc1cc(F)ccc1C(=O)NCCCCCCO. The van der Waals surface area contributed by atoms with Gasteiger partial charge in [0, 0.05) is 18.8 Å². The zero-order valence-electron chi connectivity index (χ0n) is 10.3. The van der Waals surface area contributed by atoms with Crippen molar-refractivity contribution in [3.8, 4) is 0 Å². The predicted molar refractivity (Wildman–Crippen MR) is 68.7 cm³/mol. The molecule has 0 unspecified atom stereocenters. The molecule has 1 aromatic rings. The second kappa shape index (κ2) is 7.66. The Bertz CT molecular complexity index is 397. The molecule has 0 heterocycles. The van der Waals surface area contributed by atoms with E-state index in [0.717, 1.165) is 31.7 Å². The van der Waals surface area contributed by atoms with E-state index in [1.165, 1.54) is 12.1 Å². The van der Waals surface area contributed by atoms with Crippen LogP contribution < -0.4 is 11.1 Å². The van der Waals surface area contributed by atoms with Gasteiger partial charge in [0.15, 0.2) is 0 Å². The molecule has 0 saturated heterocycles. The number of halogens is 1. The van der Waals surface area contributed by atoms with E-state index in [9.17, 15) is 9.18 Å². The summed E-state index contributed by atoms with van der Waals surface area (Å²) in [6.45, 7) is 0.763. The maximum absolute atomic E-state index is 12.8. The summed E-state index contributed by atoms with van der Waals surface area (Å²) < 4.78 is 12.8. The maximum atomic E-state index is 12.8. The normalized spacial score (nSPS) is 10.3. The number of benzene rings is 1. The fourth-order valence-corrected chi connectivity index (χ4v) is 1.63. The van der Waals surface area contributed by atoms with Crippen LogP contribution in [0.4, 0.5) is 10.1 Å². The Morgan fingerprint density at radius 2 is 2.00 bits per heavy atom. The predicted octanol–water partition coefficient (Wildman–Crippen LogP) is 1.69. The Labute approximate surface area is 106 Å². The van der Waals surface area contributed by atoms with Gasteiger partial charge in [-0.2, -0.15) is 0 Å². The summed E-state index contributed by atoms with van der Waals surface area (Å²) in [5, 5.41) is 11.3. The topological polar surface area (TPSA) is 75.4 Å². The summed E-state index contributed by atoms with van der Waals surface area (Å²) in [5.74, 6) is -0.734. The highest BCUT2D eigenvalue weighted by Gasteiger charge is 2.09. The van der Waals surface area contributed by atoms with Crippen molar-refractivity contribution >= 4 is 11.6 Å². The first-order valence-electron chi connectivity index (χ1n) is 6.09. The van der Waals surface area contributed by atoms with Crippen LogP contribution in [-0.4, -0.2) is 24.2 Å². The standard InChI is InChI=1S/C13H19FN2O2/c14-10-5-6-11(12(15)9-10)13(18)16-7-3-1-2-4-8-17/h5-6,9,17H,1-4,7-8,15H2,(H,16,18). The van der Waals surface area contributed by atoms with E-state index >= 15 is 0 Å². The third-order valence-electron chi connectivity index (χ3n) is 2.63. The van der Waals surface area contributed by atoms with Gasteiger partial charge in [-0.1, -0.05) is 12.8 Å². The molecule has 0 bridgehead atoms. The number of hydrogen-bond acceptors (Lipinski definition) is 3. The van der Waals surface area contributed by atoms with E-state index in [4.69, 9.17) is 10.8 Å². The molecule has 5 heteroatoms. The van der Waals surface area contributed by atoms with Gasteiger partial charge in [0.2, 0.25) is 0 Å². The van der Waals surface area contributed by atoms with Gasteiger partial charge >= 0.3 is 0 Å². The average Bonchev–Trinajstić information content (AvgIpc) is 2.33. The molecule has 100 valence electrons. The number of hydrogen-bond donors (Lipinski definition) is 3. The molecule has 0 aliphatic carbocycles. The van der Waals surface area contributed by atoms with Crippen molar-refractivity contribution in [1.29, 1.82) is 0 Å². The smallest absolute Gasteiger partial charge is 0.253 e. The van der Waals surface area contributed by atoms with Gasteiger partial charge in [-0.3, -0.25) is 4.79 Å². The largest absolute Gasteiger partial charge is 0.398 e. The van der Waals surface area contributed by atoms with Crippen molar-refractivity contribution in [3.63, 3.8) is 0 Å². The number of carbonyl (C=O) groups excluding carboxylic acids is 1. The molecular weight excluding hydrogens is 235 g/mol. The molecule has 1 amide bonds. The molecule has 1 aromatic carbocycles. The van der Waals surface area contributed by atoms with Crippen LogP contribution in [-0.2, 0) is 0 Å². The number of aliphatic hydroxyl groups is 1. The fourth-order valence-electron chi connectivity index (χ4n) is 1.63. The van der Waals surface area contributed by atoms with E-state index < -0.39 is 5.82 Å². The Balaban J connectivity index is 2.32. The number of carbonyl (C=O) groups is 1. The third-order valence-corrected chi connectivity index (χ3v) is 2.63. The zero-order chi connectivity index (χ0) is 13.4. The summed E-state index contributed by atoms with van der Waals surface area (Å²) in [4.78, 5) is 11.7. The Morgan fingerprint density at radius 1 is 1.28 bits per heavy atom. The Kier molecular flexibility index (Phi) is 6.14. The second-order valence-corrected chi connectivity index (χ2v) is 4.13. The van der Waals surface area contributed by atoms with Crippen LogP contribution in [0.15, 0.2) is 18.2 Å². The molecule has 4 nitrogen and oxygen atoms in total. The van der Waals surface area contributed by atoms with E-state index in [1.807, 2.05) is 0 Å². The summed E-state index contributed by atoms with van der Waals surface area (Å²) in [6, 6.07) is 3.73. The van der Waals surface area contributed by atoms with Crippen LogP contribution in [0.25, 0.3) is 0 Å². The number of aliphatic hydroxyl groups excluding tert-OH is 1. The lowest BCUT2D eigenvalue weighted by atomic mass is 10.1. The third kappa shape index (κ3) is 4.71. The highest BCUT2D eigenvalue weighted by Crippen LogP contribution is 2.13. The lowest BCUT2D eigenvalue weighted by molar-refractivity contribution is 0.0953. The number of nitrogens with two attached hydrogens (primary N) is 1. The molecule has 0 spiro atoms. The fraction of sp³-hybridized carbons (Fsp3) is 0.462. The molecule has 18 heavy (non-hydrogen) atoms. The van der Waals surface area contributed by atoms with Gasteiger partial charge in [0.05, 0.1) is 5.56 Å². The molecule has 0 aromatic heterocycles. The minimum absolute atomic E-state index is 0.146. The quantitative estimate of drug-likeness (QED) is 0.512. The highest BCUT2D eigenvalue weighted by molar-refractivity contribution is 5.99. The monoisotopic (exact) mass is 254 g/mol. The Morgan fingerprint density at radius 3 is 2.67 bits per heavy atom. The molecule has 0 saturated carbocycles. The summed E-state index contributed by atoms with van der Waals surface area (Å²) in [5.41, 5.74) is 6.01. The lowest BCUT2D eigenvalue weighted by Gasteiger charge is -2.07. The summed E-state index contributed by atoms with van der Waals surface area (Å²) in [6.07, 6.45) is 3.55. The van der Waals surface area contributed by atoms with E-state index in [0.29, 0.717) is 12.1 Å². The van der Waals surface area contributed by atoms with Crippen LogP contribution in [0.3, 0.4) is 0 Å². The van der Waals surface area contributed by atoms with Gasteiger partial charge in [0.25, 0.3) is 5.91 Å². The number of nitrogens with one attached hydrogen (secondary N) is 1. The second-order valence-electron chi connectivity index (χ2n) is 4.13. The molecular formula is C13H19FN2O2. The highest BCUT2D eigenvalue weighted by atomic mass is 19.1. The molecule has 0 aliphatic rings. The van der Waals surface area contributed by atoms with Crippen LogP contribution >= 0.6 is 0 Å². The first-order chi connectivity index (χ1) is 8.65. The van der Waals surface area contributed by atoms with E-state index in [2.05, 4.69) is 5.32 Å². The van der Waals surface area contributed by atoms with Crippen LogP contribution in [0, 0.1) is 5.82 Å². The van der Waals surface area contributed by atoms with Crippen molar-refractivity contribution < 1.29 is 14.3 Å². The van der Waals surface area contributed by atoms with Crippen molar-refractivity contribution in [2.45, 2.75) is 25.7 Å². The van der Waals surface area contributed by atoms with Crippen molar-refractivity contribution in [2.24, 2.45) is 0 Å². The van der Waals surface area contributed by atoms with Crippen molar-refractivity contribution in [2.75, 3.05) is 18.9 Å². The van der Waals surface area contributed by atoms with Gasteiger partial charge in [-0.15, -0.1) is 0 Å². The number of nitrogen functional groups attached to an aromatic ring is 1. The first kappa shape index (κ1) is 14.4. The van der Waals surface area contributed by atoms with Gasteiger partial charge in [-0.05, 0) is 31.0 Å². The molecule has 0 aliphatic heterocycles. The maximum Gasteiger partial charge on any atom is 0.253 e. The molecule has 0 atom stereocenters. The van der Waals surface area contributed by atoms with Gasteiger partial charge in [-0.25, -0.2) is 4.39 Å². The van der Waals surface area contributed by atoms with Crippen LogP contribution in [0.5, 0.6) is 0 Å². The van der Waals surface area contributed by atoms with Crippen molar-refractivity contribution in [1.82, 2.24) is 5.32 Å². The minimum atomic E-state index is -0.451. The average molecular weight is 254 g/mol. The molecule has 4 N–H and O–H groups in total. The number of rotatable bonds is 7. The number of amides is 1. The number of anilines is 1. The van der Waals surface area contributed by atoms with E-state index in [1.54, 1.807) is 0 Å². The summed E-state index contributed by atoms with van der Waals surface area (Å²) in [7, 11) is 0. The lowest BCUT2D eigenvalue weighted by Crippen LogP contribution is -2.25. The van der Waals surface area contributed by atoms with Gasteiger partial charge < -0.3 is 16.2 Å². The van der Waals surface area contributed by atoms with E-state index in [-0.39, 0.29) is 18.2 Å². The first-order valence-corrected chi connectivity index (χ1v) is 6.09. The minimum Gasteiger partial charge on any atom is -0.398 e.